The summed E-state index contributed by atoms with van der Waals surface area (Å²) in [5.74, 6) is 1.74. The third-order valence-electron chi connectivity index (χ3n) is 7.68. The first kappa shape index (κ1) is 26.7. The van der Waals surface area contributed by atoms with Gasteiger partial charge in [-0.25, -0.2) is 0 Å². The summed E-state index contributed by atoms with van der Waals surface area (Å²) in [5.41, 5.74) is 5.81. The van der Waals surface area contributed by atoms with Gasteiger partial charge in [0.05, 0.1) is 6.61 Å². The molecule has 2 aromatic rings. The SMILES string of the molecule is C=CCCC[C@H]1CC[C@H](c2ccc(CCCCc3ccc(COCCCCC)cc3)cc2)CC1. The Hall–Kier alpha value is -1.86. The van der Waals surface area contributed by atoms with Crippen LogP contribution in [0.25, 0.3) is 0 Å². The van der Waals surface area contributed by atoms with Crippen molar-refractivity contribution in [2.45, 2.75) is 109 Å². The third-order valence-corrected chi connectivity index (χ3v) is 7.68. The maximum atomic E-state index is 5.78. The van der Waals surface area contributed by atoms with Crippen LogP contribution < -0.4 is 0 Å². The highest BCUT2D eigenvalue weighted by Gasteiger charge is 2.21. The predicted octanol–water partition coefficient (Wildman–Crippen LogP) is 9.59. The quantitative estimate of drug-likeness (QED) is 0.179. The zero-order chi connectivity index (χ0) is 23.8. The van der Waals surface area contributed by atoms with Crippen LogP contribution in [0.3, 0.4) is 0 Å². The van der Waals surface area contributed by atoms with E-state index in [0.29, 0.717) is 0 Å². The molecule has 1 saturated carbocycles. The maximum absolute atomic E-state index is 5.78. The Morgan fingerprint density at radius 1 is 0.765 bits per heavy atom. The van der Waals surface area contributed by atoms with Gasteiger partial charge in [0.2, 0.25) is 0 Å². The molecule has 1 fully saturated rings. The maximum Gasteiger partial charge on any atom is 0.0716 e. The molecule has 1 aliphatic carbocycles. The molecular formula is C33H48O. The standard InChI is InChI=1S/C33H48O/c1-3-5-7-11-29-18-22-32(23-19-29)33-24-20-30(21-25-33)13-9-8-12-28-14-16-31(17-15-28)27-34-26-10-6-4-2/h3,14-17,20-21,24-25,29,32H,1,4-13,18-19,22-23,26-27H2,2H3/t29-,32-. The molecule has 0 spiro atoms. The topological polar surface area (TPSA) is 9.23 Å². The molecule has 1 aliphatic rings. The molecule has 186 valence electrons. The van der Waals surface area contributed by atoms with Crippen LogP contribution in [0.1, 0.15) is 112 Å². The molecule has 0 amide bonds. The smallest absolute Gasteiger partial charge is 0.0716 e. The fourth-order valence-corrected chi connectivity index (χ4v) is 5.40. The minimum Gasteiger partial charge on any atom is -0.377 e. The number of benzene rings is 2. The van der Waals surface area contributed by atoms with Crippen molar-refractivity contribution in [3.05, 3.63) is 83.4 Å². The molecule has 0 aliphatic heterocycles. The summed E-state index contributed by atoms with van der Waals surface area (Å²) in [6.45, 7) is 7.71. The van der Waals surface area contributed by atoms with Gasteiger partial charge in [0.1, 0.15) is 0 Å². The molecule has 34 heavy (non-hydrogen) atoms. The predicted molar refractivity (Wildman–Crippen MR) is 147 cm³/mol. The van der Waals surface area contributed by atoms with E-state index >= 15 is 0 Å². The van der Waals surface area contributed by atoms with Crippen LogP contribution in [0.5, 0.6) is 0 Å². The first-order valence-electron chi connectivity index (χ1n) is 14.1. The number of allylic oxidation sites excluding steroid dienone is 1. The summed E-state index contributed by atoms with van der Waals surface area (Å²) in [5, 5.41) is 0. The fraction of sp³-hybridized carbons (Fsp3) is 0.576. The van der Waals surface area contributed by atoms with Crippen LogP contribution in [0.15, 0.2) is 61.2 Å². The van der Waals surface area contributed by atoms with Gasteiger partial charge in [0, 0.05) is 6.61 Å². The van der Waals surface area contributed by atoms with E-state index in [9.17, 15) is 0 Å². The van der Waals surface area contributed by atoms with Crippen molar-refractivity contribution in [3.63, 3.8) is 0 Å². The van der Waals surface area contributed by atoms with Crippen molar-refractivity contribution in [1.29, 1.82) is 0 Å². The van der Waals surface area contributed by atoms with E-state index in [1.165, 1.54) is 107 Å². The van der Waals surface area contributed by atoms with Crippen LogP contribution in [-0.4, -0.2) is 6.61 Å². The second-order valence-electron chi connectivity index (χ2n) is 10.5. The van der Waals surface area contributed by atoms with Crippen molar-refractivity contribution < 1.29 is 4.74 Å². The van der Waals surface area contributed by atoms with Crippen LogP contribution in [0, 0.1) is 5.92 Å². The van der Waals surface area contributed by atoms with E-state index in [4.69, 9.17) is 4.74 Å². The Bertz CT molecular complexity index is 780. The lowest BCUT2D eigenvalue weighted by Crippen LogP contribution is -2.13. The van der Waals surface area contributed by atoms with Crippen molar-refractivity contribution >= 4 is 0 Å². The van der Waals surface area contributed by atoms with Gasteiger partial charge in [-0.1, -0.05) is 80.8 Å². The van der Waals surface area contributed by atoms with E-state index in [0.717, 1.165) is 25.0 Å². The van der Waals surface area contributed by atoms with Crippen molar-refractivity contribution in [2.75, 3.05) is 6.61 Å². The molecule has 0 heterocycles. The molecule has 0 N–H and O–H groups in total. The van der Waals surface area contributed by atoms with Gasteiger partial charge in [0.25, 0.3) is 0 Å². The molecule has 0 saturated heterocycles. The summed E-state index contributed by atoms with van der Waals surface area (Å²) in [7, 11) is 0. The van der Waals surface area contributed by atoms with E-state index in [1.807, 2.05) is 0 Å². The molecule has 3 rings (SSSR count). The normalized spacial score (nSPS) is 18.1. The van der Waals surface area contributed by atoms with Crippen LogP contribution in [0.2, 0.25) is 0 Å². The number of hydrogen-bond donors (Lipinski definition) is 0. The second-order valence-corrected chi connectivity index (χ2v) is 10.5. The minimum atomic E-state index is 0.747. The minimum absolute atomic E-state index is 0.747. The molecule has 0 aromatic heterocycles. The Labute approximate surface area is 210 Å². The Morgan fingerprint density at radius 3 is 2.00 bits per heavy atom. The van der Waals surface area contributed by atoms with E-state index in [-0.39, 0.29) is 0 Å². The lowest BCUT2D eigenvalue weighted by molar-refractivity contribution is 0.117. The molecule has 1 heteroatoms. The van der Waals surface area contributed by atoms with Crippen LogP contribution in [-0.2, 0) is 24.2 Å². The average molecular weight is 461 g/mol. The van der Waals surface area contributed by atoms with Gasteiger partial charge >= 0.3 is 0 Å². The van der Waals surface area contributed by atoms with Gasteiger partial charge in [-0.05, 0) is 105 Å². The third kappa shape index (κ3) is 9.79. The summed E-state index contributed by atoms with van der Waals surface area (Å²) >= 11 is 0. The highest BCUT2D eigenvalue weighted by molar-refractivity contribution is 5.26. The lowest BCUT2D eigenvalue weighted by Gasteiger charge is -2.29. The zero-order valence-corrected chi connectivity index (χ0v) is 21.8. The Kier molecular flexibility index (Phi) is 12.5. The van der Waals surface area contributed by atoms with E-state index in [2.05, 4.69) is 68.1 Å². The number of ether oxygens (including phenoxy) is 1. The van der Waals surface area contributed by atoms with Gasteiger partial charge < -0.3 is 4.74 Å². The number of aryl methyl sites for hydroxylation is 2. The highest BCUT2D eigenvalue weighted by atomic mass is 16.5. The van der Waals surface area contributed by atoms with E-state index in [1.54, 1.807) is 5.56 Å². The number of rotatable bonds is 16. The van der Waals surface area contributed by atoms with Gasteiger partial charge in [-0.2, -0.15) is 0 Å². The summed E-state index contributed by atoms with van der Waals surface area (Å²) in [6.07, 6.45) is 20.1. The Morgan fingerprint density at radius 2 is 1.38 bits per heavy atom. The Balaban J connectivity index is 1.29. The van der Waals surface area contributed by atoms with Crippen molar-refractivity contribution in [1.82, 2.24) is 0 Å². The summed E-state index contributed by atoms with van der Waals surface area (Å²) in [6, 6.07) is 18.7. The summed E-state index contributed by atoms with van der Waals surface area (Å²) in [4.78, 5) is 0. The molecule has 0 bridgehead atoms. The van der Waals surface area contributed by atoms with Crippen LogP contribution in [0.4, 0.5) is 0 Å². The number of unbranched alkanes of at least 4 members (excludes halogenated alkanes) is 4. The number of hydrogen-bond acceptors (Lipinski definition) is 1. The van der Waals surface area contributed by atoms with Crippen molar-refractivity contribution in [3.8, 4) is 0 Å². The summed E-state index contributed by atoms with van der Waals surface area (Å²) < 4.78 is 5.78. The molecular weight excluding hydrogens is 412 g/mol. The van der Waals surface area contributed by atoms with Gasteiger partial charge in [-0.3, -0.25) is 0 Å². The van der Waals surface area contributed by atoms with Crippen LogP contribution >= 0.6 is 0 Å². The highest BCUT2D eigenvalue weighted by Crippen LogP contribution is 2.37. The van der Waals surface area contributed by atoms with Crippen molar-refractivity contribution in [2.24, 2.45) is 5.92 Å². The molecule has 0 radical (unpaired) electrons. The lowest BCUT2D eigenvalue weighted by atomic mass is 9.77. The molecule has 2 aromatic carbocycles. The first-order valence-corrected chi connectivity index (χ1v) is 14.1. The van der Waals surface area contributed by atoms with Gasteiger partial charge in [0.15, 0.2) is 0 Å². The average Bonchev–Trinajstić information content (AvgIpc) is 2.88. The first-order chi connectivity index (χ1) is 16.8. The molecule has 0 atom stereocenters. The van der Waals surface area contributed by atoms with E-state index < -0.39 is 0 Å². The molecule has 1 nitrogen and oxygen atoms in total. The zero-order valence-electron chi connectivity index (χ0n) is 21.8. The monoisotopic (exact) mass is 460 g/mol. The van der Waals surface area contributed by atoms with Gasteiger partial charge in [-0.15, -0.1) is 6.58 Å². The molecule has 0 unspecified atom stereocenters. The largest absolute Gasteiger partial charge is 0.377 e. The fourth-order valence-electron chi connectivity index (χ4n) is 5.40. The second kappa shape index (κ2) is 15.9.